The van der Waals surface area contributed by atoms with Gasteiger partial charge in [-0.3, -0.25) is 0 Å². The first-order chi connectivity index (χ1) is 5.54. The third kappa shape index (κ3) is 4.01. The molecule has 0 aromatic heterocycles. The normalized spacial score (nSPS) is 18.8. The van der Waals surface area contributed by atoms with Crippen LogP contribution in [-0.4, -0.2) is 45.3 Å². The fourth-order valence-corrected chi connectivity index (χ4v) is 0.989. The molecular weight excluding hydrogens is 160 g/mol. The molecule has 0 aliphatic carbocycles. The fourth-order valence-electron chi connectivity index (χ4n) is 0.989. The van der Waals surface area contributed by atoms with Crippen LogP contribution in [0.15, 0.2) is 0 Å². The Balaban J connectivity index is 3.79. The highest BCUT2D eigenvalue weighted by atomic mass is 16.3. The maximum Gasteiger partial charge on any atom is 0.0899 e. The van der Waals surface area contributed by atoms with Crippen LogP contribution >= 0.6 is 0 Å². The standard InChI is InChI=1S/C8H18O4/c1-8(12,4-6-10)7(11)3-2-5-9/h7,9-12H,2-6H2,1H3. The van der Waals surface area contributed by atoms with E-state index in [4.69, 9.17) is 10.2 Å². The van der Waals surface area contributed by atoms with Crippen LogP contribution in [0.2, 0.25) is 0 Å². The molecule has 0 aliphatic heterocycles. The second kappa shape index (κ2) is 5.48. The van der Waals surface area contributed by atoms with Crippen molar-refractivity contribution >= 4 is 0 Å². The maximum absolute atomic E-state index is 9.52. The first kappa shape index (κ1) is 11.8. The van der Waals surface area contributed by atoms with Gasteiger partial charge >= 0.3 is 0 Å². The molecule has 0 heterocycles. The van der Waals surface area contributed by atoms with E-state index in [1.807, 2.05) is 0 Å². The van der Waals surface area contributed by atoms with E-state index in [-0.39, 0.29) is 19.6 Å². The van der Waals surface area contributed by atoms with Gasteiger partial charge in [0.2, 0.25) is 0 Å². The average Bonchev–Trinajstić information content (AvgIpc) is 2.00. The Labute approximate surface area is 72.5 Å². The molecule has 0 saturated heterocycles. The topological polar surface area (TPSA) is 80.9 Å². The second-order valence-corrected chi connectivity index (χ2v) is 3.21. The van der Waals surface area contributed by atoms with Crippen molar-refractivity contribution < 1.29 is 20.4 Å². The van der Waals surface area contributed by atoms with E-state index in [0.29, 0.717) is 12.8 Å². The van der Waals surface area contributed by atoms with Crippen molar-refractivity contribution in [2.45, 2.75) is 37.9 Å². The lowest BCUT2D eigenvalue weighted by molar-refractivity contribution is -0.0786. The molecule has 4 N–H and O–H groups in total. The lowest BCUT2D eigenvalue weighted by Crippen LogP contribution is -2.40. The molecule has 0 radical (unpaired) electrons. The van der Waals surface area contributed by atoms with Gasteiger partial charge in [0.25, 0.3) is 0 Å². The molecule has 0 amide bonds. The van der Waals surface area contributed by atoms with E-state index in [9.17, 15) is 10.2 Å². The monoisotopic (exact) mass is 178 g/mol. The molecule has 0 aromatic carbocycles. The van der Waals surface area contributed by atoms with Gasteiger partial charge < -0.3 is 20.4 Å². The lowest BCUT2D eigenvalue weighted by atomic mass is 9.92. The van der Waals surface area contributed by atoms with Gasteiger partial charge in [-0.05, 0) is 19.8 Å². The van der Waals surface area contributed by atoms with Crippen LogP contribution in [-0.2, 0) is 0 Å². The second-order valence-electron chi connectivity index (χ2n) is 3.21. The molecule has 4 heteroatoms. The molecule has 74 valence electrons. The summed E-state index contributed by atoms with van der Waals surface area (Å²) in [4.78, 5) is 0. The maximum atomic E-state index is 9.52. The zero-order valence-corrected chi connectivity index (χ0v) is 7.40. The molecule has 0 aliphatic rings. The number of hydrogen-bond acceptors (Lipinski definition) is 4. The smallest absolute Gasteiger partial charge is 0.0899 e. The predicted molar refractivity (Wildman–Crippen MR) is 44.7 cm³/mol. The van der Waals surface area contributed by atoms with Gasteiger partial charge in [-0.2, -0.15) is 0 Å². The molecule has 0 bridgehead atoms. The summed E-state index contributed by atoms with van der Waals surface area (Å²) < 4.78 is 0. The van der Waals surface area contributed by atoms with Crippen LogP contribution < -0.4 is 0 Å². The Bertz CT molecular complexity index is 114. The van der Waals surface area contributed by atoms with Crippen LogP contribution in [0, 0.1) is 0 Å². The van der Waals surface area contributed by atoms with Crippen LogP contribution in [0.5, 0.6) is 0 Å². The molecular formula is C8H18O4. The van der Waals surface area contributed by atoms with Crippen molar-refractivity contribution in [3.05, 3.63) is 0 Å². The van der Waals surface area contributed by atoms with Gasteiger partial charge in [0.15, 0.2) is 0 Å². The Morgan fingerprint density at radius 3 is 2.25 bits per heavy atom. The Morgan fingerprint density at radius 2 is 1.83 bits per heavy atom. The van der Waals surface area contributed by atoms with Crippen molar-refractivity contribution in [2.75, 3.05) is 13.2 Å². The highest BCUT2D eigenvalue weighted by Gasteiger charge is 2.28. The largest absolute Gasteiger partial charge is 0.396 e. The van der Waals surface area contributed by atoms with Crippen LogP contribution in [0.4, 0.5) is 0 Å². The van der Waals surface area contributed by atoms with Crippen LogP contribution in [0.1, 0.15) is 26.2 Å². The van der Waals surface area contributed by atoms with Crippen LogP contribution in [0.25, 0.3) is 0 Å². The summed E-state index contributed by atoms with van der Waals surface area (Å²) in [6, 6.07) is 0. The third-order valence-corrected chi connectivity index (χ3v) is 1.97. The SMILES string of the molecule is CC(O)(CCO)C(O)CCCO. The van der Waals surface area contributed by atoms with Crippen LogP contribution in [0.3, 0.4) is 0 Å². The van der Waals surface area contributed by atoms with E-state index in [2.05, 4.69) is 0 Å². The number of aliphatic hydroxyl groups excluding tert-OH is 3. The first-order valence-corrected chi connectivity index (χ1v) is 4.16. The summed E-state index contributed by atoms with van der Waals surface area (Å²) in [5, 5.41) is 35.9. The predicted octanol–water partition coefficient (Wildman–Crippen LogP) is -0.747. The fraction of sp³-hybridized carbons (Fsp3) is 1.00. The summed E-state index contributed by atoms with van der Waals surface area (Å²) >= 11 is 0. The van der Waals surface area contributed by atoms with Crippen molar-refractivity contribution in [1.29, 1.82) is 0 Å². The third-order valence-electron chi connectivity index (χ3n) is 1.97. The minimum Gasteiger partial charge on any atom is -0.396 e. The highest BCUT2D eigenvalue weighted by molar-refractivity contribution is 4.81. The van der Waals surface area contributed by atoms with E-state index < -0.39 is 11.7 Å². The lowest BCUT2D eigenvalue weighted by Gasteiger charge is -2.28. The molecule has 0 fully saturated rings. The van der Waals surface area contributed by atoms with Gasteiger partial charge in [-0.15, -0.1) is 0 Å². The molecule has 0 saturated carbocycles. The van der Waals surface area contributed by atoms with E-state index in [1.54, 1.807) is 0 Å². The highest BCUT2D eigenvalue weighted by Crippen LogP contribution is 2.17. The molecule has 4 nitrogen and oxygen atoms in total. The van der Waals surface area contributed by atoms with Gasteiger partial charge in [0.1, 0.15) is 0 Å². The summed E-state index contributed by atoms with van der Waals surface area (Å²) in [5.41, 5.74) is -1.25. The van der Waals surface area contributed by atoms with Gasteiger partial charge in [0.05, 0.1) is 11.7 Å². The number of hydrogen-bond donors (Lipinski definition) is 4. The molecule has 12 heavy (non-hydrogen) atoms. The summed E-state index contributed by atoms with van der Waals surface area (Å²) in [6.45, 7) is 1.33. The molecule has 0 spiro atoms. The Kier molecular flexibility index (Phi) is 5.41. The number of rotatable bonds is 6. The Morgan fingerprint density at radius 1 is 1.25 bits per heavy atom. The van der Waals surface area contributed by atoms with Crippen molar-refractivity contribution in [2.24, 2.45) is 0 Å². The summed E-state index contributed by atoms with van der Waals surface area (Å²) in [6.07, 6.45) is 0.0862. The minimum atomic E-state index is -1.25. The van der Waals surface area contributed by atoms with E-state index >= 15 is 0 Å². The zero-order valence-electron chi connectivity index (χ0n) is 7.40. The van der Waals surface area contributed by atoms with Crippen molar-refractivity contribution in [3.8, 4) is 0 Å². The van der Waals surface area contributed by atoms with E-state index in [1.165, 1.54) is 6.92 Å². The Hall–Kier alpha value is -0.160. The van der Waals surface area contributed by atoms with Crippen molar-refractivity contribution in [1.82, 2.24) is 0 Å². The first-order valence-electron chi connectivity index (χ1n) is 4.16. The van der Waals surface area contributed by atoms with E-state index in [0.717, 1.165) is 0 Å². The van der Waals surface area contributed by atoms with Crippen molar-refractivity contribution in [3.63, 3.8) is 0 Å². The quantitative estimate of drug-likeness (QED) is 0.431. The molecule has 2 unspecified atom stereocenters. The summed E-state index contributed by atoms with van der Waals surface area (Å²) in [7, 11) is 0. The minimum absolute atomic E-state index is 0.00622. The number of aliphatic hydroxyl groups is 4. The molecule has 0 rings (SSSR count). The summed E-state index contributed by atoms with van der Waals surface area (Å²) in [5.74, 6) is 0. The van der Waals surface area contributed by atoms with Gasteiger partial charge in [-0.25, -0.2) is 0 Å². The van der Waals surface area contributed by atoms with Gasteiger partial charge in [0, 0.05) is 19.6 Å². The molecule has 0 aromatic rings. The average molecular weight is 178 g/mol. The van der Waals surface area contributed by atoms with Gasteiger partial charge in [-0.1, -0.05) is 0 Å². The molecule has 2 atom stereocenters. The zero-order chi connectivity index (χ0) is 9.61.